The van der Waals surface area contributed by atoms with Crippen molar-refractivity contribution in [2.24, 2.45) is 0 Å². The molecule has 1 amide bonds. The highest BCUT2D eigenvalue weighted by molar-refractivity contribution is 6.30. The van der Waals surface area contributed by atoms with Crippen molar-refractivity contribution in [3.05, 3.63) is 64.7 Å². The summed E-state index contributed by atoms with van der Waals surface area (Å²) in [7, 11) is 0. The van der Waals surface area contributed by atoms with Crippen molar-refractivity contribution in [2.75, 3.05) is 5.32 Å². The molecular formula is C21H20ClNO5. The second-order valence-corrected chi connectivity index (χ2v) is 6.62. The van der Waals surface area contributed by atoms with Crippen LogP contribution in [0.3, 0.4) is 0 Å². The Morgan fingerprint density at radius 2 is 1.68 bits per heavy atom. The molecule has 2 aromatic rings. The molecule has 0 spiro atoms. The number of carbonyl (C=O) groups excluding carboxylic acids is 4. The number of benzene rings is 2. The Bertz CT molecular complexity index is 892. The fourth-order valence-corrected chi connectivity index (χ4v) is 2.49. The number of hydrogen-bond acceptors (Lipinski definition) is 5. The van der Waals surface area contributed by atoms with E-state index >= 15 is 0 Å². The monoisotopic (exact) mass is 401 g/mol. The molecule has 2 aromatic carbocycles. The van der Waals surface area contributed by atoms with E-state index in [-0.39, 0.29) is 24.4 Å². The number of rotatable bonds is 8. The van der Waals surface area contributed by atoms with Gasteiger partial charge in [-0.1, -0.05) is 23.7 Å². The minimum absolute atomic E-state index is 0.0323. The van der Waals surface area contributed by atoms with E-state index < -0.39 is 18.0 Å². The first-order valence-electron chi connectivity index (χ1n) is 8.66. The number of nitrogens with one attached hydrogen (secondary N) is 1. The quantitative estimate of drug-likeness (QED) is 0.531. The highest BCUT2D eigenvalue weighted by Crippen LogP contribution is 2.14. The summed E-state index contributed by atoms with van der Waals surface area (Å²) >= 11 is 5.77. The third kappa shape index (κ3) is 6.32. The summed E-state index contributed by atoms with van der Waals surface area (Å²) in [5, 5.41) is 3.11. The molecule has 0 saturated carbocycles. The van der Waals surface area contributed by atoms with Gasteiger partial charge in [0.2, 0.25) is 0 Å². The molecule has 0 aliphatic heterocycles. The van der Waals surface area contributed by atoms with Gasteiger partial charge in [0.15, 0.2) is 17.7 Å². The number of anilines is 1. The van der Waals surface area contributed by atoms with Crippen LogP contribution in [0.1, 0.15) is 47.4 Å². The zero-order chi connectivity index (χ0) is 20.7. The van der Waals surface area contributed by atoms with Gasteiger partial charge in [-0.2, -0.15) is 0 Å². The van der Waals surface area contributed by atoms with Crippen LogP contribution in [0.15, 0.2) is 48.5 Å². The van der Waals surface area contributed by atoms with E-state index in [1.807, 2.05) is 0 Å². The Morgan fingerprint density at radius 1 is 1.00 bits per heavy atom. The van der Waals surface area contributed by atoms with Crippen molar-refractivity contribution >= 4 is 40.7 Å². The van der Waals surface area contributed by atoms with Gasteiger partial charge in [0.25, 0.3) is 5.91 Å². The Hall–Kier alpha value is -2.99. The number of halogens is 1. The van der Waals surface area contributed by atoms with Crippen molar-refractivity contribution in [1.29, 1.82) is 0 Å². The number of hydrogen-bond donors (Lipinski definition) is 1. The molecule has 6 nitrogen and oxygen atoms in total. The fraction of sp³-hybridized carbons (Fsp3) is 0.238. The molecule has 7 heteroatoms. The lowest BCUT2D eigenvalue weighted by Crippen LogP contribution is -2.30. The van der Waals surface area contributed by atoms with Gasteiger partial charge in [-0.15, -0.1) is 0 Å². The van der Waals surface area contributed by atoms with Crippen molar-refractivity contribution in [3.8, 4) is 0 Å². The summed E-state index contributed by atoms with van der Waals surface area (Å²) in [4.78, 5) is 47.5. The zero-order valence-electron chi connectivity index (χ0n) is 15.5. The molecule has 1 N–H and O–H groups in total. The second kappa shape index (κ2) is 9.80. The number of carbonyl (C=O) groups is 4. The summed E-state index contributed by atoms with van der Waals surface area (Å²) < 4.78 is 5.08. The van der Waals surface area contributed by atoms with Gasteiger partial charge >= 0.3 is 5.97 Å². The topological polar surface area (TPSA) is 89.5 Å². The Balaban J connectivity index is 1.83. The largest absolute Gasteiger partial charge is 0.453 e. The van der Waals surface area contributed by atoms with Crippen LogP contribution in [-0.4, -0.2) is 29.5 Å². The minimum Gasteiger partial charge on any atom is -0.453 e. The van der Waals surface area contributed by atoms with Crippen molar-refractivity contribution in [2.45, 2.75) is 32.8 Å². The first-order chi connectivity index (χ1) is 13.3. The van der Waals surface area contributed by atoms with Crippen LogP contribution in [0.5, 0.6) is 0 Å². The second-order valence-electron chi connectivity index (χ2n) is 6.19. The number of esters is 1. The molecule has 1 unspecified atom stereocenters. The van der Waals surface area contributed by atoms with Crippen LogP contribution in [-0.2, 0) is 14.3 Å². The molecular weight excluding hydrogens is 382 g/mol. The van der Waals surface area contributed by atoms with E-state index in [2.05, 4.69) is 5.32 Å². The molecule has 2 rings (SSSR count). The fourth-order valence-electron chi connectivity index (χ4n) is 2.37. The predicted octanol–water partition coefficient (Wildman–Crippen LogP) is 4.08. The van der Waals surface area contributed by atoms with Crippen LogP contribution in [0.25, 0.3) is 0 Å². The molecule has 1 atom stereocenters. The van der Waals surface area contributed by atoms with Crippen molar-refractivity contribution in [1.82, 2.24) is 0 Å². The lowest BCUT2D eigenvalue weighted by atomic mass is 10.1. The summed E-state index contributed by atoms with van der Waals surface area (Å²) in [5.41, 5.74) is 1.34. The number of ketones is 2. The van der Waals surface area contributed by atoms with Gasteiger partial charge in [0.1, 0.15) is 0 Å². The standard InChI is InChI=1S/C21H20ClNO5/c1-13(24)16-4-3-5-18(12-16)23-21(27)14(2)28-20(26)11-10-19(25)15-6-8-17(22)9-7-15/h3-9,12,14H,10-11H2,1-2H3,(H,23,27). The van der Waals surface area contributed by atoms with E-state index in [0.717, 1.165) is 0 Å². The maximum absolute atomic E-state index is 12.2. The third-order valence-corrected chi connectivity index (χ3v) is 4.19. The molecule has 0 aliphatic rings. The molecule has 0 bridgehead atoms. The smallest absolute Gasteiger partial charge is 0.307 e. The number of ether oxygens (including phenoxy) is 1. The predicted molar refractivity (Wildman–Crippen MR) is 106 cm³/mol. The lowest BCUT2D eigenvalue weighted by molar-refractivity contribution is -0.153. The molecule has 146 valence electrons. The maximum atomic E-state index is 12.2. The van der Waals surface area contributed by atoms with Crippen molar-refractivity contribution < 1.29 is 23.9 Å². The molecule has 28 heavy (non-hydrogen) atoms. The molecule has 0 saturated heterocycles. The van der Waals surface area contributed by atoms with E-state index in [1.54, 1.807) is 48.5 Å². The Morgan fingerprint density at radius 3 is 2.32 bits per heavy atom. The summed E-state index contributed by atoms with van der Waals surface area (Å²) in [5.74, 6) is -1.52. The minimum atomic E-state index is -1.04. The lowest BCUT2D eigenvalue weighted by Gasteiger charge is -2.14. The van der Waals surface area contributed by atoms with E-state index in [4.69, 9.17) is 16.3 Å². The first kappa shape index (κ1) is 21.3. The Kier molecular flexibility index (Phi) is 7.46. The van der Waals surface area contributed by atoms with Crippen LogP contribution < -0.4 is 5.32 Å². The van der Waals surface area contributed by atoms with E-state index in [0.29, 0.717) is 21.8 Å². The first-order valence-corrected chi connectivity index (χ1v) is 9.04. The summed E-state index contributed by atoms with van der Waals surface area (Å²) in [6.07, 6.45) is -1.21. The summed E-state index contributed by atoms with van der Waals surface area (Å²) in [6, 6.07) is 12.8. The highest BCUT2D eigenvalue weighted by Gasteiger charge is 2.19. The molecule has 0 heterocycles. The molecule has 0 aliphatic carbocycles. The molecule has 0 fully saturated rings. The highest BCUT2D eigenvalue weighted by atomic mass is 35.5. The van der Waals surface area contributed by atoms with Gasteiger partial charge in [-0.25, -0.2) is 0 Å². The van der Waals surface area contributed by atoms with Crippen LogP contribution in [0, 0.1) is 0 Å². The average molecular weight is 402 g/mol. The van der Waals surface area contributed by atoms with Gasteiger partial charge in [-0.3, -0.25) is 19.2 Å². The Labute approximate surface area is 167 Å². The SMILES string of the molecule is CC(=O)c1cccc(NC(=O)C(C)OC(=O)CCC(=O)c2ccc(Cl)cc2)c1. The third-order valence-electron chi connectivity index (χ3n) is 3.94. The normalized spacial score (nSPS) is 11.4. The van der Waals surface area contributed by atoms with E-state index in [1.165, 1.54) is 13.8 Å². The van der Waals surface area contributed by atoms with Crippen LogP contribution in [0.2, 0.25) is 5.02 Å². The summed E-state index contributed by atoms with van der Waals surface area (Å²) in [6.45, 7) is 2.86. The van der Waals surface area contributed by atoms with E-state index in [9.17, 15) is 19.2 Å². The average Bonchev–Trinajstić information content (AvgIpc) is 2.66. The van der Waals surface area contributed by atoms with Gasteiger partial charge in [-0.05, 0) is 50.2 Å². The molecule has 0 aromatic heterocycles. The zero-order valence-corrected chi connectivity index (χ0v) is 16.3. The number of Topliss-reactive ketones (excluding diaryl/α,β-unsaturated/α-hetero) is 2. The maximum Gasteiger partial charge on any atom is 0.307 e. The van der Waals surface area contributed by atoms with Crippen LogP contribution >= 0.6 is 11.6 Å². The van der Waals surface area contributed by atoms with Crippen LogP contribution in [0.4, 0.5) is 5.69 Å². The van der Waals surface area contributed by atoms with Crippen molar-refractivity contribution in [3.63, 3.8) is 0 Å². The number of amides is 1. The van der Waals surface area contributed by atoms with Gasteiger partial charge < -0.3 is 10.1 Å². The molecule has 0 radical (unpaired) electrons. The van der Waals surface area contributed by atoms with Gasteiger partial charge in [0.05, 0.1) is 6.42 Å². The van der Waals surface area contributed by atoms with Gasteiger partial charge in [0, 0.05) is 28.3 Å².